The van der Waals surface area contributed by atoms with Gasteiger partial charge < -0.3 is 0 Å². The Morgan fingerprint density at radius 2 is 2.50 bits per heavy atom. The first-order chi connectivity index (χ1) is 5.90. The highest BCUT2D eigenvalue weighted by atomic mass is 14.8. The summed E-state index contributed by atoms with van der Waals surface area (Å²) < 4.78 is 0. The van der Waals surface area contributed by atoms with Crippen molar-refractivity contribution in [2.75, 3.05) is 0 Å². The van der Waals surface area contributed by atoms with Crippen LogP contribution < -0.4 is 0 Å². The van der Waals surface area contributed by atoms with Gasteiger partial charge in [0.2, 0.25) is 0 Å². The van der Waals surface area contributed by atoms with Crippen molar-refractivity contribution < 1.29 is 0 Å². The zero-order chi connectivity index (χ0) is 8.39. The minimum absolute atomic E-state index is 0.870. The Kier molecular flexibility index (Phi) is 1.78. The van der Waals surface area contributed by atoms with E-state index in [1.165, 1.54) is 5.57 Å². The van der Waals surface area contributed by atoms with Crippen molar-refractivity contribution in [1.29, 1.82) is 0 Å². The second-order valence-corrected chi connectivity index (χ2v) is 2.92. The van der Waals surface area contributed by atoms with E-state index in [1.807, 2.05) is 6.08 Å². The van der Waals surface area contributed by atoms with Crippen LogP contribution in [-0.2, 0) is 0 Å². The molecule has 0 aromatic rings. The molecule has 2 aliphatic rings. The van der Waals surface area contributed by atoms with Crippen molar-refractivity contribution in [3.05, 3.63) is 48.2 Å². The summed E-state index contributed by atoms with van der Waals surface area (Å²) in [4.78, 5) is 4.46. The fourth-order valence-corrected chi connectivity index (χ4v) is 1.43. The van der Waals surface area contributed by atoms with E-state index >= 15 is 0 Å². The number of hydrogen-bond donors (Lipinski definition) is 0. The lowest BCUT2D eigenvalue weighted by Gasteiger charge is -2.00. The Balaban J connectivity index is 2.27. The van der Waals surface area contributed by atoms with Gasteiger partial charge in [0.1, 0.15) is 0 Å². The summed E-state index contributed by atoms with van der Waals surface area (Å²) in [7, 11) is 0. The number of hydrogen-bond acceptors (Lipinski definition) is 1. The highest BCUT2D eigenvalue weighted by Gasteiger charge is 2.11. The van der Waals surface area contributed by atoms with Gasteiger partial charge in [-0.05, 0) is 12.5 Å². The Labute approximate surface area is 72.5 Å². The summed E-state index contributed by atoms with van der Waals surface area (Å²) in [5, 5.41) is 0. The van der Waals surface area contributed by atoms with Crippen molar-refractivity contribution in [2.45, 2.75) is 12.8 Å². The highest BCUT2D eigenvalue weighted by molar-refractivity contribution is 6.01. The lowest BCUT2D eigenvalue weighted by molar-refractivity contribution is 1.24. The van der Waals surface area contributed by atoms with Crippen LogP contribution in [0.3, 0.4) is 0 Å². The first kappa shape index (κ1) is 7.29. The molecule has 0 aromatic heterocycles. The van der Waals surface area contributed by atoms with Gasteiger partial charge in [-0.15, -0.1) is 6.58 Å². The predicted octanol–water partition coefficient (Wildman–Crippen LogP) is 2.79. The molecule has 1 heterocycles. The van der Waals surface area contributed by atoms with E-state index in [0.717, 1.165) is 24.3 Å². The van der Waals surface area contributed by atoms with Gasteiger partial charge in [-0.2, -0.15) is 0 Å². The molecule has 1 nitrogen and oxygen atoms in total. The van der Waals surface area contributed by atoms with Gasteiger partial charge in [0.15, 0.2) is 0 Å². The Morgan fingerprint density at radius 1 is 1.58 bits per heavy atom. The second-order valence-electron chi connectivity index (χ2n) is 2.92. The number of nitrogens with zero attached hydrogens (tertiary/aromatic N) is 1. The zero-order valence-corrected chi connectivity index (χ0v) is 6.96. The molecule has 1 aliphatic heterocycles. The molecule has 60 valence electrons. The third kappa shape index (κ3) is 1.18. The van der Waals surface area contributed by atoms with Crippen molar-refractivity contribution in [3.8, 4) is 0 Å². The molecule has 0 radical (unpaired) electrons. The molecule has 0 spiro atoms. The second kappa shape index (κ2) is 2.94. The van der Waals surface area contributed by atoms with E-state index in [4.69, 9.17) is 0 Å². The van der Waals surface area contributed by atoms with Crippen molar-refractivity contribution in [3.63, 3.8) is 0 Å². The molecule has 0 atom stereocenters. The average molecular weight is 157 g/mol. The van der Waals surface area contributed by atoms with Gasteiger partial charge in [-0.3, -0.25) is 4.99 Å². The van der Waals surface area contributed by atoms with Crippen molar-refractivity contribution in [2.24, 2.45) is 4.99 Å². The zero-order valence-electron chi connectivity index (χ0n) is 6.96. The molecular formula is C11H11N. The van der Waals surface area contributed by atoms with Crippen LogP contribution in [0.15, 0.2) is 53.2 Å². The lowest BCUT2D eigenvalue weighted by Crippen LogP contribution is -1.84. The van der Waals surface area contributed by atoms with Crippen LogP contribution in [0.5, 0.6) is 0 Å². The Morgan fingerprint density at radius 3 is 3.25 bits per heavy atom. The summed E-state index contributed by atoms with van der Waals surface area (Å²) in [6.45, 7) is 3.69. The Hall–Kier alpha value is -1.37. The van der Waals surface area contributed by atoms with Crippen LogP contribution in [0.4, 0.5) is 0 Å². The first-order valence-corrected chi connectivity index (χ1v) is 4.17. The maximum Gasteiger partial charge on any atom is 0.0669 e. The van der Waals surface area contributed by atoms with Crippen LogP contribution >= 0.6 is 0 Å². The summed E-state index contributed by atoms with van der Waals surface area (Å²) >= 11 is 0. The molecule has 0 unspecified atom stereocenters. The Bertz CT molecular complexity index is 327. The SMILES string of the molecule is C=CCC1=NC2=CCC=CC2=C1. The van der Waals surface area contributed by atoms with Gasteiger partial charge >= 0.3 is 0 Å². The molecule has 0 saturated heterocycles. The summed E-state index contributed by atoms with van der Waals surface area (Å²) in [5.74, 6) is 0. The predicted molar refractivity (Wildman–Crippen MR) is 52.2 cm³/mol. The van der Waals surface area contributed by atoms with Crippen LogP contribution in [0, 0.1) is 0 Å². The largest absolute Gasteiger partial charge is 0.253 e. The highest BCUT2D eigenvalue weighted by Crippen LogP contribution is 2.25. The van der Waals surface area contributed by atoms with Crippen LogP contribution in [-0.4, -0.2) is 5.71 Å². The summed E-state index contributed by atoms with van der Waals surface area (Å²) in [6, 6.07) is 0. The fraction of sp³-hybridized carbons (Fsp3) is 0.182. The minimum Gasteiger partial charge on any atom is -0.253 e. The molecule has 2 rings (SSSR count). The quantitative estimate of drug-likeness (QED) is 0.546. The third-order valence-corrected chi connectivity index (χ3v) is 1.98. The fourth-order valence-electron chi connectivity index (χ4n) is 1.43. The smallest absolute Gasteiger partial charge is 0.0669 e. The van der Waals surface area contributed by atoms with E-state index in [2.05, 4.69) is 35.9 Å². The third-order valence-electron chi connectivity index (χ3n) is 1.98. The van der Waals surface area contributed by atoms with Crippen LogP contribution in [0.2, 0.25) is 0 Å². The van der Waals surface area contributed by atoms with E-state index < -0.39 is 0 Å². The molecule has 0 saturated carbocycles. The van der Waals surface area contributed by atoms with Gasteiger partial charge in [0.05, 0.1) is 5.70 Å². The van der Waals surface area contributed by atoms with Crippen molar-refractivity contribution >= 4 is 5.71 Å². The topological polar surface area (TPSA) is 12.4 Å². The van der Waals surface area contributed by atoms with E-state index in [1.54, 1.807) is 0 Å². The molecule has 1 aliphatic carbocycles. The molecule has 0 N–H and O–H groups in total. The summed E-state index contributed by atoms with van der Waals surface area (Å²) in [6.07, 6.45) is 12.3. The van der Waals surface area contributed by atoms with E-state index in [-0.39, 0.29) is 0 Å². The van der Waals surface area contributed by atoms with Gasteiger partial charge in [0.25, 0.3) is 0 Å². The average Bonchev–Trinajstić information content (AvgIpc) is 2.47. The van der Waals surface area contributed by atoms with E-state index in [0.29, 0.717) is 0 Å². The van der Waals surface area contributed by atoms with Gasteiger partial charge in [-0.1, -0.05) is 24.3 Å². The maximum absolute atomic E-state index is 4.46. The number of aliphatic imine (C=N–C) groups is 1. The summed E-state index contributed by atoms with van der Waals surface area (Å²) in [5.41, 5.74) is 3.50. The lowest BCUT2D eigenvalue weighted by atomic mass is 10.1. The molecule has 0 amide bonds. The maximum atomic E-state index is 4.46. The van der Waals surface area contributed by atoms with Gasteiger partial charge in [-0.25, -0.2) is 0 Å². The monoisotopic (exact) mass is 157 g/mol. The van der Waals surface area contributed by atoms with Crippen molar-refractivity contribution in [1.82, 2.24) is 0 Å². The molecular weight excluding hydrogens is 146 g/mol. The van der Waals surface area contributed by atoms with Crippen LogP contribution in [0.1, 0.15) is 12.8 Å². The number of allylic oxidation sites excluding steroid dienone is 5. The standard InChI is InChI=1S/C11H11N/c1-2-5-10-8-9-6-3-4-7-11(9)12-10/h2-3,6-8H,1,4-5H2. The molecule has 0 fully saturated rings. The minimum atomic E-state index is 0.870. The normalized spacial score (nSPS) is 19.5. The molecule has 12 heavy (non-hydrogen) atoms. The number of fused-ring (bicyclic) bond motifs is 1. The molecule has 0 aromatic carbocycles. The van der Waals surface area contributed by atoms with E-state index in [9.17, 15) is 0 Å². The van der Waals surface area contributed by atoms with Gasteiger partial charge in [0, 0.05) is 17.7 Å². The molecule has 0 bridgehead atoms. The van der Waals surface area contributed by atoms with Crippen LogP contribution in [0.25, 0.3) is 0 Å². The first-order valence-electron chi connectivity index (χ1n) is 4.17. The number of rotatable bonds is 2. The molecule has 1 heteroatoms.